The highest BCUT2D eigenvalue weighted by molar-refractivity contribution is 8.13. The topological polar surface area (TPSA) is 364 Å². The van der Waals surface area contributed by atoms with Gasteiger partial charge >= 0.3 is 23.5 Å². The molecule has 0 aliphatic carbocycles. The number of anilines is 1. The minimum atomic E-state index is -5.57. The summed E-state index contributed by atoms with van der Waals surface area (Å²) in [6.45, 7) is 8.50. The minimum Gasteiger partial charge on any atom is -0.386 e. The first-order valence-electron chi connectivity index (χ1n) is 17.2. The van der Waals surface area contributed by atoms with E-state index >= 15 is 0 Å². The first-order valence-corrected chi connectivity index (χ1v) is 22.7. The molecule has 1 aliphatic rings. The van der Waals surface area contributed by atoms with Gasteiger partial charge in [0.25, 0.3) is 0 Å². The van der Waals surface area contributed by atoms with Gasteiger partial charge < -0.3 is 50.9 Å². The maximum atomic E-state index is 12.7. The third-order valence-electron chi connectivity index (χ3n) is 8.07. The van der Waals surface area contributed by atoms with E-state index in [2.05, 4.69) is 34.4 Å². The van der Waals surface area contributed by atoms with Crippen molar-refractivity contribution in [3.05, 3.63) is 12.7 Å². The van der Waals surface area contributed by atoms with Crippen molar-refractivity contribution in [2.45, 2.75) is 85.0 Å². The van der Waals surface area contributed by atoms with Gasteiger partial charge in [0.2, 0.25) is 11.8 Å². The minimum absolute atomic E-state index is 0.00234. The SMILES string of the molecule is CC(CC(C)(C)C)C(=O)SCCNC(=O)CCNC(=O)[C@H](O)C(C)(C)COP(=O)(O)OP(=O)(O)OC[C@H]1O[C@@H](n2cnc3c(N)ncnc32)[C@H](O)[C@@H]1OP(=O)(O)O. The molecular formula is C29H50N7O17P3S. The number of phosphoric ester groups is 3. The van der Waals surface area contributed by atoms with E-state index in [1.165, 1.54) is 13.8 Å². The van der Waals surface area contributed by atoms with Crippen molar-refractivity contribution in [3.8, 4) is 0 Å². The monoisotopic (exact) mass is 893 g/mol. The number of fused-ring (bicyclic) bond motifs is 1. The second kappa shape index (κ2) is 19.7. The van der Waals surface area contributed by atoms with Crippen LogP contribution >= 0.6 is 35.2 Å². The average molecular weight is 894 g/mol. The van der Waals surface area contributed by atoms with Crippen LogP contribution < -0.4 is 16.4 Å². The van der Waals surface area contributed by atoms with Crippen molar-refractivity contribution in [1.29, 1.82) is 0 Å². The number of nitrogens with one attached hydrogen (secondary N) is 2. The summed E-state index contributed by atoms with van der Waals surface area (Å²) < 4.78 is 62.2. The third-order valence-corrected chi connectivity index (χ3v) is 12.3. The summed E-state index contributed by atoms with van der Waals surface area (Å²) in [6, 6.07) is 0. The summed E-state index contributed by atoms with van der Waals surface area (Å²) >= 11 is 1.12. The number of aliphatic hydroxyl groups is 2. The quantitative estimate of drug-likeness (QED) is 0.0616. The number of aliphatic hydroxyl groups excluding tert-OH is 2. The van der Waals surface area contributed by atoms with E-state index in [4.69, 9.17) is 19.5 Å². The molecule has 8 atom stereocenters. The summed E-state index contributed by atoms with van der Waals surface area (Å²) in [4.78, 5) is 88.0. The molecule has 2 aromatic rings. The Bertz CT molecular complexity index is 1880. The van der Waals surface area contributed by atoms with Gasteiger partial charge in [0.1, 0.15) is 36.3 Å². The zero-order valence-electron chi connectivity index (χ0n) is 31.9. The third kappa shape index (κ3) is 15.3. The Kier molecular flexibility index (Phi) is 17.0. The number of hydrogen-bond donors (Lipinski definition) is 9. The number of ether oxygens (including phenoxy) is 1. The van der Waals surface area contributed by atoms with Crippen LogP contribution in [-0.4, -0.2) is 123 Å². The lowest BCUT2D eigenvalue weighted by Gasteiger charge is -2.30. The zero-order chi connectivity index (χ0) is 43.1. The van der Waals surface area contributed by atoms with Crippen LogP contribution in [0.2, 0.25) is 0 Å². The Morgan fingerprint density at radius 2 is 1.67 bits per heavy atom. The van der Waals surface area contributed by atoms with Crippen LogP contribution in [0, 0.1) is 16.7 Å². The number of nitrogens with two attached hydrogens (primary N) is 1. The predicted octanol–water partition coefficient (Wildman–Crippen LogP) is 0.737. The van der Waals surface area contributed by atoms with E-state index in [-0.39, 0.29) is 52.9 Å². The number of rotatable bonds is 21. The van der Waals surface area contributed by atoms with Gasteiger partial charge in [-0.3, -0.25) is 32.5 Å². The van der Waals surface area contributed by atoms with E-state index in [1.807, 2.05) is 27.7 Å². The maximum absolute atomic E-state index is 12.7. The van der Waals surface area contributed by atoms with E-state index in [0.29, 0.717) is 5.75 Å². The molecule has 1 fully saturated rings. The number of aromatic nitrogens is 4. The van der Waals surface area contributed by atoms with Gasteiger partial charge in [-0.2, -0.15) is 4.31 Å². The lowest BCUT2D eigenvalue weighted by molar-refractivity contribution is -0.137. The molecular weight excluding hydrogens is 843 g/mol. The van der Waals surface area contributed by atoms with E-state index in [1.54, 1.807) is 0 Å². The first kappa shape index (κ1) is 48.9. The fourth-order valence-electron chi connectivity index (χ4n) is 5.43. The summed E-state index contributed by atoms with van der Waals surface area (Å²) in [5.41, 5.74) is 4.27. The summed E-state index contributed by atoms with van der Waals surface area (Å²) in [6.07, 6.45) is -6.18. The molecule has 3 unspecified atom stereocenters. The fourth-order valence-corrected chi connectivity index (χ4v) is 9.03. The van der Waals surface area contributed by atoms with Crippen LogP contribution in [-0.2, 0) is 50.7 Å². The predicted molar refractivity (Wildman–Crippen MR) is 200 cm³/mol. The molecule has 0 bridgehead atoms. The van der Waals surface area contributed by atoms with Gasteiger partial charge in [0, 0.05) is 36.6 Å². The van der Waals surface area contributed by atoms with Crippen LogP contribution in [0.5, 0.6) is 0 Å². The molecule has 0 radical (unpaired) electrons. The molecule has 28 heteroatoms. The van der Waals surface area contributed by atoms with Crippen molar-refractivity contribution < 1.29 is 80.5 Å². The molecule has 2 aromatic heterocycles. The smallest absolute Gasteiger partial charge is 0.386 e. The van der Waals surface area contributed by atoms with Crippen molar-refractivity contribution in [1.82, 2.24) is 30.2 Å². The first-order chi connectivity index (χ1) is 26.1. The average Bonchev–Trinajstić information content (AvgIpc) is 3.63. The number of phosphoric acid groups is 3. The molecule has 2 amide bonds. The molecule has 0 spiro atoms. The zero-order valence-corrected chi connectivity index (χ0v) is 35.4. The number of carbonyl (C=O) groups is 3. The molecule has 57 heavy (non-hydrogen) atoms. The summed E-state index contributed by atoms with van der Waals surface area (Å²) in [5.74, 6) is -1.22. The standard InChI is InChI=1S/C29H50N7O17P3S/c1-16(11-28(2,3)4)27(41)57-10-9-31-18(37)7-8-32-25(40)22(39)29(5,6)13-50-56(47,48)53-55(45,46)49-12-17-21(52-54(42,43)44)20(38)26(51-17)36-15-35-19-23(30)33-14-34-24(19)36/h14-17,20-22,26,38-39H,7-13H2,1-6H3,(H,31,37)(H,32,40)(H,45,46)(H,47,48)(H2,30,33,34)(H2,42,43,44)/t16?,17-,20-,21-,22+,26-/m1/s1. The number of nitrogens with zero attached hydrogens (tertiary/aromatic N) is 4. The number of carbonyl (C=O) groups excluding carboxylic acids is 3. The summed E-state index contributed by atoms with van der Waals surface area (Å²) in [5, 5.41) is 26.5. The lowest BCUT2D eigenvalue weighted by atomic mass is 9.86. The highest BCUT2D eigenvalue weighted by atomic mass is 32.2. The van der Waals surface area contributed by atoms with Gasteiger partial charge in [0.05, 0.1) is 19.5 Å². The van der Waals surface area contributed by atoms with Crippen LogP contribution in [0.4, 0.5) is 5.82 Å². The highest BCUT2D eigenvalue weighted by Crippen LogP contribution is 2.61. The number of amides is 2. The lowest BCUT2D eigenvalue weighted by Crippen LogP contribution is -2.46. The second-order valence-electron chi connectivity index (χ2n) is 14.9. The van der Waals surface area contributed by atoms with Crippen LogP contribution in [0.3, 0.4) is 0 Å². The van der Waals surface area contributed by atoms with Gasteiger partial charge in [-0.05, 0) is 11.8 Å². The molecule has 0 saturated carbocycles. The highest BCUT2D eigenvalue weighted by Gasteiger charge is 2.50. The number of imidazole rings is 1. The molecule has 24 nitrogen and oxygen atoms in total. The number of hydrogen-bond acceptors (Lipinski definition) is 18. The van der Waals surface area contributed by atoms with E-state index < -0.39 is 84.6 Å². The Labute approximate surface area is 331 Å². The Morgan fingerprint density at radius 1 is 1.02 bits per heavy atom. The molecule has 1 aliphatic heterocycles. The normalized spacial score (nSPS) is 22.4. The fraction of sp³-hybridized carbons (Fsp3) is 0.724. The molecule has 324 valence electrons. The van der Waals surface area contributed by atoms with Gasteiger partial charge in [-0.15, -0.1) is 0 Å². The van der Waals surface area contributed by atoms with Gasteiger partial charge in [0.15, 0.2) is 22.8 Å². The Morgan fingerprint density at radius 3 is 2.30 bits per heavy atom. The van der Waals surface area contributed by atoms with Gasteiger partial charge in [-0.1, -0.05) is 53.3 Å². The molecule has 10 N–H and O–H groups in total. The Hall–Kier alpha value is -2.44. The largest absolute Gasteiger partial charge is 0.481 e. The van der Waals surface area contributed by atoms with Crippen molar-refractivity contribution in [3.63, 3.8) is 0 Å². The molecule has 3 rings (SSSR count). The number of thioether (sulfide) groups is 1. The molecule has 1 saturated heterocycles. The van der Waals surface area contributed by atoms with E-state index in [9.17, 15) is 57.9 Å². The van der Waals surface area contributed by atoms with Gasteiger partial charge in [-0.25, -0.2) is 28.6 Å². The van der Waals surface area contributed by atoms with Crippen LogP contribution in [0.25, 0.3) is 11.2 Å². The second-order valence-corrected chi connectivity index (χ2v) is 20.2. The van der Waals surface area contributed by atoms with Crippen LogP contribution in [0.15, 0.2) is 12.7 Å². The van der Waals surface area contributed by atoms with Crippen molar-refractivity contribution >= 4 is 69.1 Å². The number of nitrogen functional groups attached to an aromatic ring is 1. The molecule has 0 aromatic carbocycles. The molecule has 3 heterocycles. The maximum Gasteiger partial charge on any atom is 0.481 e. The van der Waals surface area contributed by atoms with Crippen molar-refractivity contribution in [2.24, 2.45) is 16.7 Å². The Balaban J connectivity index is 1.48. The van der Waals surface area contributed by atoms with Crippen molar-refractivity contribution in [2.75, 3.05) is 37.8 Å². The van der Waals surface area contributed by atoms with Crippen LogP contribution in [0.1, 0.15) is 60.6 Å². The van der Waals surface area contributed by atoms with E-state index in [0.717, 1.165) is 35.4 Å². The summed E-state index contributed by atoms with van der Waals surface area (Å²) in [7, 11) is -16.4.